The first kappa shape index (κ1) is 11.7. The molecule has 1 aliphatic heterocycles. The minimum atomic E-state index is -0.417. The van der Waals surface area contributed by atoms with Crippen molar-refractivity contribution in [2.75, 3.05) is 0 Å². The third kappa shape index (κ3) is 1.25. The Morgan fingerprint density at radius 3 is 2.83 bits per heavy atom. The first-order valence-corrected chi connectivity index (χ1v) is 6.62. The highest BCUT2D eigenvalue weighted by Crippen LogP contribution is 2.52. The van der Waals surface area contributed by atoms with Crippen molar-refractivity contribution in [2.45, 2.75) is 46.1 Å². The van der Waals surface area contributed by atoms with E-state index < -0.39 is 5.41 Å². The lowest BCUT2D eigenvalue weighted by Crippen LogP contribution is -2.46. The van der Waals surface area contributed by atoms with Crippen molar-refractivity contribution in [2.24, 2.45) is 11.3 Å². The number of carbonyl (C=O) groups is 2. The number of hydrogen-bond donors (Lipinski definition) is 0. The van der Waals surface area contributed by atoms with Gasteiger partial charge in [-0.2, -0.15) is 0 Å². The SMILES string of the molecule is CC1=C2C(=O)[C@@]3(C)C(=CCC[C@@H]3C)C[C@H]2OC1=O. The van der Waals surface area contributed by atoms with Crippen LogP contribution in [-0.4, -0.2) is 17.9 Å². The van der Waals surface area contributed by atoms with Crippen molar-refractivity contribution in [3.8, 4) is 0 Å². The monoisotopic (exact) mass is 246 g/mol. The van der Waals surface area contributed by atoms with Gasteiger partial charge in [-0.1, -0.05) is 18.6 Å². The molecule has 3 atom stereocenters. The zero-order valence-corrected chi connectivity index (χ0v) is 11.1. The van der Waals surface area contributed by atoms with E-state index in [9.17, 15) is 9.59 Å². The zero-order valence-electron chi connectivity index (χ0n) is 11.1. The number of ketones is 1. The zero-order chi connectivity index (χ0) is 13.1. The summed E-state index contributed by atoms with van der Waals surface area (Å²) in [7, 11) is 0. The van der Waals surface area contributed by atoms with Crippen LogP contribution >= 0.6 is 0 Å². The third-order valence-corrected chi connectivity index (χ3v) is 5.05. The molecule has 0 N–H and O–H groups in total. The molecule has 0 radical (unpaired) electrons. The normalized spacial score (nSPS) is 39.2. The second-order valence-corrected chi connectivity index (χ2v) is 5.88. The molecule has 0 aromatic rings. The molecule has 0 aromatic heterocycles. The van der Waals surface area contributed by atoms with E-state index in [2.05, 4.69) is 13.0 Å². The van der Waals surface area contributed by atoms with E-state index in [0.29, 0.717) is 23.5 Å². The van der Waals surface area contributed by atoms with Gasteiger partial charge in [0.2, 0.25) is 0 Å². The van der Waals surface area contributed by atoms with Gasteiger partial charge in [0.15, 0.2) is 5.78 Å². The van der Waals surface area contributed by atoms with Gasteiger partial charge in [-0.15, -0.1) is 0 Å². The topological polar surface area (TPSA) is 43.4 Å². The van der Waals surface area contributed by atoms with Gasteiger partial charge in [-0.05, 0) is 32.6 Å². The van der Waals surface area contributed by atoms with Crippen molar-refractivity contribution in [3.05, 3.63) is 22.8 Å². The Labute approximate surface area is 107 Å². The molecule has 3 aliphatic rings. The summed E-state index contributed by atoms with van der Waals surface area (Å²) in [6.45, 7) is 5.88. The minimum absolute atomic E-state index is 0.112. The van der Waals surface area contributed by atoms with E-state index in [1.807, 2.05) is 6.92 Å². The van der Waals surface area contributed by atoms with Crippen LogP contribution in [0.25, 0.3) is 0 Å². The fourth-order valence-electron chi connectivity index (χ4n) is 3.56. The Kier molecular flexibility index (Phi) is 2.31. The number of ether oxygens (including phenoxy) is 1. The first-order valence-electron chi connectivity index (χ1n) is 6.62. The molecule has 1 fully saturated rings. The third-order valence-electron chi connectivity index (χ3n) is 5.05. The molecule has 0 amide bonds. The molecule has 3 heteroatoms. The smallest absolute Gasteiger partial charge is 0.334 e. The summed E-state index contributed by atoms with van der Waals surface area (Å²) in [5.74, 6) is 0.126. The van der Waals surface area contributed by atoms with E-state index in [-0.39, 0.29) is 17.9 Å². The van der Waals surface area contributed by atoms with Crippen LogP contribution in [-0.2, 0) is 14.3 Å². The average molecular weight is 246 g/mol. The van der Waals surface area contributed by atoms with Gasteiger partial charge in [0.1, 0.15) is 6.10 Å². The largest absolute Gasteiger partial charge is 0.454 e. The molecule has 0 unspecified atom stereocenters. The van der Waals surface area contributed by atoms with Gasteiger partial charge in [-0.25, -0.2) is 4.79 Å². The average Bonchev–Trinajstić information content (AvgIpc) is 2.60. The van der Waals surface area contributed by atoms with Crippen LogP contribution in [0.5, 0.6) is 0 Å². The van der Waals surface area contributed by atoms with Crippen molar-refractivity contribution in [1.29, 1.82) is 0 Å². The summed E-state index contributed by atoms with van der Waals surface area (Å²) in [5, 5.41) is 0. The Bertz CT molecular complexity index is 512. The van der Waals surface area contributed by atoms with Crippen LogP contribution in [0.4, 0.5) is 0 Å². The van der Waals surface area contributed by atoms with Crippen LogP contribution in [0.15, 0.2) is 22.8 Å². The van der Waals surface area contributed by atoms with Crippen LogP contribution < -0.4 is 0 Å². The number of allylic oxidation sites excluding steroid dienone is 1. The maximum absolute atomic E-state index is 12.8. The molecule has 2 aliphatic carbocycles. The molecule has 96 valence electrons. The van der Waals surface area contributed by atoms with Gasteiger partial charge in [0.05, 0.1) is 5.41 Å². The number of rotatable bonds is 0. The van der Waals surface area contributed by atoms with Gasteiger partial charge < -0.3 is 4.74 Å². The second-order valence-electron chi connectivity index (χ2n) is 5.88. The van der Waals surface area contributed by atoms with Crippen molar-refractivity contribution in [1.82, 2.24) is 0 Å². The Balaban J connectivity index is 2.14. The van der Waals surface area contributed by atoms with Gasteiger partial charge in [0.25, 0.3) is 0 Å². The molecule has 1 saturated carbocycles. The van der Waals surface area contributed by atoms with Crippen LogP contribution in [0.1, 0.15) is 40.0 Å². The summed E-state index contributed by atoms with van der Waals surface area (Å²) >= 11 is 0. The van der Waals surface area contributed by atoms with Crippen molar-refractivity contribution in [3.63, 3.8) is 0 Å². The molecule has 3 rings (SSSR count). The number of fused-ring (bicyclic) bond motifs is 2. The Morgan fingerprint density at radius 1 is 1.39 bits per heavy atom. The predicted molar refractivity (Wildman–Crippen MR) is 66.8 cm³/mol. The first-order chi connectivity index (χ1) is 8.46. The van der Waals surface area contributed by atoms with Crippen LogP contribution in [0.2, 0.25) is 0 Å². The van der Waals surface area contributed by atoms with E-state index in [1.165, 1.54) is 5.57 Å². The van der Waals surface area contributed by atoms with Crippen molar-refractivity contribution < 1.29 is 14.3 Å². The molecule has 0 bridgehead atoms. The second kappa shape index (κ2) is 3.56. The quantitative estimate of drug-likeness (QED) is 0.487. The Morgan fingerprint density at radius 2 is 2.11 bits per heavy atom. The highest BCUT2D eigenvalue weighted by molar-refractivity contribution is 6.11. The van der Waals surface area contributed by atoms with Gasteiger partial charge in [-0.3, -0.25) is 4.79 Å². The predicted octanol–water partition coefficient (Wildman–Crippen LogP) is 2.56. The van der Waals surface area contributed by atoms with Gasteiger partial charge >= 0.3 is 5.97 Å². The highest BCUT2D eigenvalue weighted by Gasteiger charge is 2.53. The fourth-order valence-corrected chi connectivity index (χ4v) is 3.56. The summed E-state index contributed by atoms with van der Waals surface area (Å²) in [6.07, 6.45) is 4.62. The van der Waals surface area contributed by atoms with E-state index in [0.717, 1.165) is 12.8 Å². The maximum Gasteiger partial charge on any atom is 0.334 e. The summed E-state index contributed by atoms with van der Waals surface area (Å²) in [5.41, 5.74) is 1.90. The van der Waals surface area contributed by atoms with Crippen LogP contribution in [0, 0.1) is 11.3 Å². The number of esters is 1. The lowest BCUT2D eigenvalue weighted by atomic mass is 9.58. The molecular formula is C15H18O3. The molecule has 0 aromatic carbocycles. The lowest BCUT2D eigenvalue weighted by Gasteiger charge is -2.44. The molecule has 1 heterocycles. The molecule has 3 nitrogen and oxygen atoms in total. The summed E-state index contributed by atoms with van der Waals surface area (Å²) in [6, 6.07) is 0. The number of carbonyl (C=O) groups excluding carboxylic acids is 2. The van der Waals surface area contributed by atoms with Crippen molar-refractivity contribution >= 4 is 11.8 Å². The van der Waals surface area contributed by atoms with Gasteiger partial charge in [0, 0.05) is 17.6 Å². The molecule has 18 heavy (non-hydrogen) atoms. The molecular weight excluding hydrogens is 228 g/mol. The number of Topliss-reactive ketones (excluding diaryl/α,β-unsaturated/α-hetero) is 1. The summed E-state index contributed by atoms with van der Waals surface area (Å²) in [4.78, 5) is 24.4. The van der Waals surface area contributed by atoms with E-state index in [1.54, 1.807) is 6.92 Å². The molecule has 0 spiro atoms. The minimum Gasteiger partial charge on any atom is -0.454 e. The Hall–Kier alpha value is -1.38. The number of hydrogen-bond acceptors (Lipinski definition) is 3. The van der Waals surface area contributed by atoms with E-state index in [4.69, 9.17) is 4.74 Å². The maximum atomic E-state index is 12.8. The highest BCUT2D eigenvalue weighted by atomic mass is 16.5. The standard InChI is InChI=1S/C15H18O3/c1-8-5-4-6-10-7-11-12(9(2)14(17)18-11)13(16)15(8,10)3/h6,8,11H,4-5,7H2,1-3H3/t8-,11+,15+/m0/s1. The lowest BCUT2D eigenvalue weighted by molar-refractivity contribution is -0.140. The van der Waals surface area contributed by atoms with E-state index >= 15 is 0 Å². The fraction of sp³-hybridized carbons (Fsp3) is 0.600. The van der Waals surface area contributed by atoms with Crippen LogP contribution in [0.3, 0.4) is 0 Å². The summed E-state index contributed by atoms with van der Waals surface area (Å²) < 4.78 is 5.30. The molecule has 0 saturated heterocycles.